The highest BCUT2D eigenvalue weighted by molar-refractivity contribution is 5.72. The topological polar surface area (TPSA) is 92.4 Å². The number of hydrogen-bond donors (Lipinski definition) is 3. The summed E-state index contributed by atoms with van der Waals surface area (Å²) in [5.74, 6) is 0.806. The zero-order chi connectivity index (χ0) is 20.8. The largest absolute Gasteiger partial charge is 0.508 e. The van der Waals surface area contributed by atoms with E-state index in [9.17, 15) is 10.2 Å². The third kappa shape index (κ3) is 4.94. The predicted octanol–water partition coefficient (Wildman–Crippen LogP) is 2.70. The average Bonchev–Trinajstić information content (AvgIpc) is 3.21. The van der Waals surface area contributed by atoms with Crippen molar-refractivity contribution >= 4 is 11.2 Å². The predicted molar refractivity (Wildman–Crippen MR) is 115 cm³/mol. The highest BCUT2D eigenvalue weighted by Gasteiger charge is 2.07. The summed E-state index contributed by atoms with van der Waals surface area (Å²) in [6, 6.07) is 18.6. The highest BCUT2D eigenvalue weighted by atomic mass is 16.5. The maximum atomic E-state index is 10.0. The minimum Gasteiger partial charge on any atom is -0.508 e. The molecule has 2 aromatic carbocycles. The maximum Gasteiger partial charge on any atom is 0.164 e. The molecule has 0 aliphatic carbocycles. The van der Waals surface area contributed by atoms with Crippen molar-refractivity contribution in [1.29, 1.82) is 0 Å². The van der Waals surface area contributed by atoms with Gasteiger partial charge in [0.15, 0.2) is 5.65 Å². The molecule has 0 spiro atoms. The standard InChI is InChI=1S/C23H24N4O3/c28-19-7-9-21(10-8-19)30-15-20(29)14-24-13-11-17-3-5-18(6-4-17)27-16-26-22-2-1-12-25-23(22)27/h1-10,12,16,20,24,28-29H,11,13-15H2/t20-/m1/s1. The minimum absolute atomic E-state index is 0.188. The molecule has 2 heterocycles. The van der Waals surface area contributed by atoms with Gasteiger partial charge >= 0.3 is 0 Å². The van der Waals surface area contributed by atoms with E-state index in [1.165, 1.54) is 5.56 Å². The summed E-state index contributed by atoms with van der Waals surface area (Å²) in [7, 11) is 0. The highest BCUT2D eigenvalue weighted by Crippen LogP contribution is 2.17. The van der Waals surface area contributed by atoms with Gasteiger partial charge < -0.3 is 20.3 Å². The number of phenolic OH excluding ortho intramolecular Hbond substituents is 1. The molecule has 4 aromatic rings. The summed E-state index contributed by atoms with van der Waals surface area (Å²) in [5.41, 5.74) is 3.95. The van der Waals surface area contributed by atoms with E-state index in [2.05, 4.69) is 39.6 Å². The third-order valence-corrected chi connectivity index (χ3v) is 4.77. The summed E-state index contributed by atoms with van der Waals surface area (Å²) >= 11 is 0. The summed E-state index contributed by atoms with van der Waals surface area (Å²) in [5, 5.41) is 22.5. The van der Waals surface area contributed by atoms with Gasteiger partial charge in [0, 0.05) is 18.4 Å². The number of imidazole rings is 1. The molecule has 0 amide bonds. The number of pyridine rings is 1. The lowest BCUT2D eigenvalue weighted by Gasteiger charge is -2.13. The van der Waals surface area contributed by atoms with Crippen LogP contribution in [0, 0.1) is 0 Å². The Balaban J connectivity index is 1.21. The normalized spacial score (nSPS) is 12.2. The SMILES string of the molecule is Oc1ccc(OC[C@H](O)CNCCc2ccc(-n3cnc4cccnc43)cc2)cc1. The van der Waals surface area contributed by atoms with Crippen LogP contribution in [0.25, 0.3) is 16.9 Å². The number of nitrogens with zero attached hydrogens (tertiary/aromatic N) is 3. The molecule has 3 N–H and O–H groups in total. The number of aliphatic hydroxyl groups is 1. The lowest BCUT2D eigenvalue weighted by molar-refractivity contribution is 0.106. The van der Waals surface area contributed by atoms with E-state index in [1.807, 2.05) is 16.7 Å². The Morgan fingerprint density at radius 3 is 2.60 bits per heavy atom. The molecule has 154 valence electrons. The van der Waals surface area contributed by atoms with Crippen LogP contribution in [0.5, 0.6) is 11.5 Å². The van der Waals surface area contributed by atoms with E-state index in [0.717, 1.165) is 29.8 Å². The maximum absolute atomic E-state index is 10.0. The molecule has 0 aliphatic heterocycles. The van der Waals surface area contributed by atoms with E-state index in [0.29, 0.717) is 12.3 Å². The fourth-order valence-electron chi connectivity index (χ4n) is 3.16. The molecule has 0 fully saturated rings. The van der Waals surface area contributed by atoms with Crippen LogP contribution in [0.3, 0.4) is 0 Å². The van der Waals surface area contributed by atoms with Gasteiger partial charge in [-0.2, -0.15) is 0 Å². The van der Waals surface area contributed by atoms with Gasteiger partial charge in [0.05, 0.1) is 0 Å². The third-order valence-electron chi connectivity index (χ3n) is 4.77. The van der Waals surface area contributed by atoms with Crippen molar-refractivity contribution in [1.82, 2.24) is 19.9 Å². The second-order valence-electron chi connectivity index (χ2n) is 7.04. The van der Waals surface area contributed by atoms with Gasteiger partial charge in [-0.15, -0.1) is 0 Å². The Kier molecular flexibility index (Phi) is 6.22. The number of aliphatic hydroxyl groups excluding tert-OH is 1. The molecule has 4 rings (SSSR count). The van der Waals surface area contributed by atoms with E-state index in [-0.39, 0.29) is 12.4 Å². The molecule has 0 aliphatic rings. The summed E-state index contributed by atoms with van der Waals surface area (Å²) in [4.78, 5) is 8.78. The van der Waals surface area contributed by atoms with Crippen LogP contribution in [0.2, 0.25) is 0 Å². The van der Waals surface area contributed by atoms with Crippen molar-refractivity contribution in [2.45, 2.75) is 12.5 Å². The first-order valence-corrected chi connectivity index (χ1v) is 9.87. The molecule has 0 unspecified atom stereocenters. The van der Waals surface area contributed by atoms with E-state index in [4.69, 9.17) is 4.74 Å². The molecule has 0 saturated heterocycles. The number of fused-ring (bicyclic) bond motifs is 1. The summed E-state index contributed by atoms with van der Waals surface area (Å²) < 4.78 is 7.48. The zero-order valence-corrected chi connectivity index (χ0v) is 16.5. The molecule has 30 heavy (non-hydrogen) atoms. The first-order chi connectivity index (χ1) is 14.7. The molecule has 7 heteroatoms. The van der Waals surface area contributed by atoms with E-state index in [1.54, 1.807) is 36.8 Å². The number of benzene rings is 2. The number of rotatable bonds is 9. The Hall–Kier alpha value is -3.42. The Bertz CT molecular complexity index is 1080. The van der Waals surface area contributed by atoms with Crippen LogP contribution in [-0.4, -0.2) is 50.5 Å². The van der Waals surface area contributed by atoms with Crippen molar-refractivity contribution < 1.29 is 14.9 Å². The van der Waals surface area contributed by atoms with E-state index >= 15 is 0 Å². The fourth-order valence-corrected chi connectivity index (χ4v) is 3.16. The quantitative estimate of drug-likeness (QED) is 0.372. The Morgan fingerprint density at radius 1 is 1.00 bits per heavy atom. The van der Waals surface area contributed by atoms with Crippen LogP contribution in [0.15, 0.2) is 73.2 Å². The van der Waals surface area contributed by atoms with Crippen LogP contribution in [-0.2, 0) is 6.42 Å². The van der Waals surface area contributed by atoms with E-state index < -0.39 is 6.10 Å². The number of ether oxygens (including phenoxy) is 1. The molecule has 0 radical (unpaired) electrons. The van der Waals surface area contributed by atoms with Crippen LogP contribution >= 0.6 is 0 Å². The zero-order valence-electron chi connectivity index (χ0n) is 16.5. The molecular formula is C23H24N4O3. The van der Waals surface area contributed by atoms with Gasteiger partial charge in [0.1, 0.15) is 36.1 Å². The number of aromatic nitrogens is 3. The summed E-state index contributed by atoms with van der Waals surface area (Å²) in [6.07, 6.45) is 3.80. The number of phenols is 1. The van der Waals surface area contributed by atoms with Gasteiger partial charge in [-0.05, 0) is 67.1 Å². The van der Waals surface area contributed by atoms with Gasteiger partial charge in [-0.1, -0.05) is 12.1 Å². The van der Waals surface area contributed by atoms with Crippen molar-refractivity contribution in [2.75, 3.05) is 19.7 Å². The number of hydrogen-bond acceptors (Lipinski definition) is 6. The summed E-state index contributed by atoms with van der Waals surface area (Å²) in [6.45, 7) is 1.40. The van der Waals surface area contributed by atoms with Crippen molar-refractivity contribution in [2.24, 2.45) is 0 Å². The van der Waals surface area contributed by atoms with Gasteiger partial charge in [-0.3, -0.25) is 4.57 Å². The lowest BCUT2D eigenvalue weighted by atomic mass is 10.1. The molecule has 7 nitrogen and oxygen atoms in total. The average molecular weight is 404 g/mol. The monoisotopic (exact) mass is 404 g/mol. The van der Waals surface area contributed by atoms with Crippen LogP contribution < -0.4 is 10.1 Å². The molecular weight excluding hydrogens is 380 g/mol. The van der Waals surface area contributed by atoms with Crippen molar-refractivity contribution in [3.63, 3.8) is 0 Å². The van der Waals surface area contributed by atoms with Gasteiger partial charge in [0.25, 0.3) is 0 Å². The molecule has 0 saturated carbocycles. The lowest BCUT2D eigenvalue weighted by Crippen LogP contribution is -2.32. The Morgan fingerprint density at radius 2 is 1.80 bits per heavy atom. The number of nitrogens with one attached hydrogen (secondary N) is 1. The van der Waals surface area contributed by atoms with Crippen LogP contribution in [0.4, 0.5) is 0 Å². The van der Waals surface area contributed by atoms with Gasteiger partial charge in [-0.25, -0.2) is 9.97 Å². The second kappa shape index (κ2) is 9.39. The minimum atomic E-state index is -0.608. The van der Waals surface area contributed by atoms with Crippen molar-refractivity contribution in [3.05, 3.63) is 78.8 Å². The van der Waals surface area contributed by atoms with Crippen LogP contribution in [0.1, 0.15) is 5.56 Å². The first kappa shape index (κ1) is 19.9. The molecule has 0 bridgehead atoms. The first-order valence-electron chi connectivity index (χ1n) is 9.87. The molecule has 2 aromatic heterocycles. The molecule has 1 atom stereocenters. The fraction of sp³-hybridized carbons (Fsp3) is 0.217. The smallest absolute Gasteiger partial charge is 0.164 e. The number of aromatic hydroxyl groups is 1. The second-order valence-corrected chi connectivity index (χ2v) is 7.04. The van der Waals surface area contributed by atoms with Gasteiger partial charge in [0.2, 0.25) is 0 Å². The van der Waals surface area contributed by atoms with Crippen molar-refractivity contribution in [3.8, 4) is 17.2 Å². The Labute approximate surface area is 174 Å².